The number of anilines is 1. The quantitative estimate of drug-likeness (QED) is 0.812. The lowest BCUT2D eigenvalue weighted by Crippen LogP contribution is -2.33. The highest BCUT2D eigenvalue weighted by Gasteiger charge is 2.37. The first-order valence-electron chi connectivity index (χ1n) is 9.63. The van der Waals surface area contributed by atoms with Gasteiger partial charge in [-0.15, -0.1) is 0 Å². The van der Waals surface area contributed by atoms with E-state index in [9.17, 15) is 13.5 Å². The van der Waals surface area contributed by atoms with Crippen LogP contribution in [0.5, 0.6) is 0 Å². The van der Waals surface area contributed by atoms with Gasteiger partial charge in [-0.2, -0.15) is 0 Å². The zero-order valence-electron chi connectivity index (χ0n) is 16.2. The molecule has 0 saturated carbocycles. The van der Waals surface area contributed by atoms with Gasteiger partial charge in [0.15, 0.2) is 5.82 Å². The van der Waals surface area contributed by atoms with Gasteiger partial charge in [0.25, 0.3) is 0 Å². The van der Waals surface area contributed by atoms with E-state index in [0.717, 1.165) is 41.9 Å². The molecule has 0 spiro atoms. The van der Waals surface area contributed by atoms with Gasteiger partial charge in [0, 0.05) is 49.9 Å². The van der Waals surface area contributed by atoms with Gasteiger partial charge >= 0.3 is 0 Å². The fraction of sp³-hybridized carbons (Fsp3) is 0.500. The summed E-state index contributed by atoms with van der Waals surface area (Å²) in [6, 6.07) is 9.88. The van der Waals surface area contributed by atoms with Crippen molar-refractivity contribution in [2.24, 2.45) is 5.92 Å². The number of rotatable bonds is 5. The molecule has 0 radical (unpaired) electrons. The summed E-state index contributed by atoms with van der Waals surface area (Å²) < 4.78 is 25.8. The van der Waals surface area contributed by atoms with Crippen molar-refractivity contribution in [2.75, 3.05) is 37.8 Å². The summed E-state index contributed by atoms with van der Waals surface area (Å²) in [6.45, 7) is 0.872. The van der Waals surface area contributed by atoms with Crippen molar-refractivity contribution in [1.82, 2.24) is 14.3 Å². The number of sulfonamides is 1. The van der Waals surface area contributed by atoms with Crippen LogP contribution in [0.1, 0.15) is 17.7 Å². The normalized spacial score (nSPS) is 22.1. The first-order chi connectivity index (χ1) is 13.3. The summed E-state index contributed by atoms with van der Waals surface area (Å²) in [7, 11) is -0.318. The summed E-state index contributed by atoms with van der Waals surface area (Å²) in [5.41, 5.74) is 3.18. The predicted octanol–water partition coefficient (Wildman–Crippen LogP) is 1.32. The van der Waals surface area contributed by atoms with Crippen molar-refractivity contribution in [3.63, 3.8) is 0 Å². The van der Waals surface area contributed by atoms with Crippen LogP contribution in [0, 0.1) is 5.92 Å². The van der Waals surface area contributed by atoms with E-state index in [1.807, 2.05) is 35.2 Å². The van der Waals surface area contributed by atoms with Crippen LogP contribution in [0.25, 0.3) is 11.4 Å². The van der Waals surface area contributed by atoms with Crippen LogP contribution in [0.15, 0.2) is 30.3 Å². The SMILES string of the molecule is CN(C)S(=O)(=O)C[C@@H]1CN(c2nc(-c3ccccc3)nc3c2CCC3)C[C@@H]1O. The van der Waals surface area contributed by atoms with Crippen molar-refractivity contribution in [3.05, 3.63) is 41.6 Å². The highest BCUT2D eigenvalue weighted by atomic mass is 32.2. The van der Waals surface area contributed by atoms with Crippen molar-refractivity contribution in [3.8, 4) is 11.4 Å². The Balaban J connectivity index is 1.65. The van der Waals surface area contributed by atoms with Gasteiger partial charge in [-0.1, -0.05) is 30.3 Å². The van der Waals surface area contributed by atoms with Crippen LogP contribution in [-0.4, -0.2) is 66.8 Å². The molecule has 1 aliphatic carbocycles. The maximum atomic E-state index is 12.3. The van der Waals surface area contributed by atoms with Gasteiger partial charge < -0.3 is 10.0 Å². The van der Waals surface area contributed by atoms with Gasteiger partial charge in [-0.05, 0) is 19.3 Å². The van der Waals surface area contributed by atoms with E-state index in [0.29, 0.717) is 18.9 Å². The summed E-state index contributed by atoms with van der Waals surface area (Å²) >= 11 is 0. The Hall–Kier alpha value is -2.03. The maximum Gasteiger partial charge on any atom is 0.214 e. The minimum absolute atomic E-state index is 0.0590. The molecule has 7 nitrogen and oxygen atoms in total. The number of benzene rings is 1. The maximum absolute atomic E-state index is 12.3. The third kappa shape index (κ3) is 3.64. The van der Waals surface area contributed by atoms with Gasteiger partial charge in [0.1, 0.15) is 5.82 Å². The van der Waals surface area contributed by atoms with Crippen LogP contribution in [-0.2, 0) is 22.9 Å². The molecule has 1 aromatic heterocycles. The summed E-state index contributed by atoms with van der Waals surface area (Å²) in [6.07, 6.45) is 2.21. The number of aliphatic hydroxyl groups is 1. The minimum atomic E-state index is -3.37. The average Bonchev–Trinajstić information content (AvgIpc) is 3.28. The monoisotopic (exact) mass is 402 g/mol. The average molecular weight is 403 g/mol. The third-order valence-electron chi connectivity index (χ3n) is 5.63. The van der Waals surface area contributed by atoms with Crippen molar-refractivity contribution < 1.29 is 13.5 Å². The molecular formula is C20H26N4O3S. The molecule has 2 aliphatic rings. The van der Waals surface area contributed by atoms with E-state index in [1.165, 1.54) is 18.4 Å². The van der Waals surface area contributed by atoms with Gasteiger partial charge in [0.05, 0.1) is 11.9 Å². The lowest BCUT2D eigenvalue weighted by Gasteiger charge is -2.21. The van der Waals surface area contributed by atoms with E-state index in [2.05, 4.69) is 0 Å². The van der Waals surface area contributed by atoms with Gasteiger partial charge in [0.2, 0.25) is 10.0 Å². The second-order valence-electron chi connectivity index (χ2n) is 7.81. The van der Waals surface area contributed by atoms with E-state index in [1.54, 1.807) is 0 Å². The Morgan fingerprint density at radius 1 is 1.14 bits per heavy atom. The van der Waals surface area contributed by atoms with Crippen LogP contribution in [0.2, 0.25) is 0 Å². The fourth-order valence-electron chi connectivity index (χ4n) is 4.00. The van der Waals surface area contributed by atoms with Crippen LogP contribution in [0.3, 0.4) is 0 Å². The van der Waals surface area contributed by atoms with Crippen LogP contribution in [0.4, 0.5) is 5.82 Å². The van der Waals surface area contributed by atoms with Gasteiger partial charge in [-0.25, -0.2) is 22.7 Å². The summed E-state index contributed by atoms with van der Waals surface area (Å²) in [5, 5.41) is 10.5. The number of β-amino-alcohol motifs (C(OH)–C–C–N with tert-alkyl or cyclic N) is 1. The highest BCUT2D eigenvalue weighted by Crippen LogP contribution is 2.34. The molecule has 0 amide bonds. The number of aliphatic hydroxyl groups excluding tert-OH is 1. The molecule has 1 saturated heterocycles. The molecule has 4 rings (SSSR count). The molecule has 150 valence electrons. The Morgan fingerprint density at radius 2 is 1.89 bits per heavy atom. The molecule has 28 heavy (non-hydrogen) atoms. The Kier molecular flexibility index (Phi) is 5.11. The van der Waals surface area contributed by atoms with E-state index < -0.39 is 16.1 Å². The zero-order chi connectivity index (χ0) is 19.9. The second-order valence-corrected chi connectivity index (χ2v) is 10.0. The zero-order valence-corrected chi connectivity index (χ0v) is 17.1. The molecular weight excluding hydrogens is 376 g/mol. The Labute approximate surface area is 166 Å². The van der Waals surface area contributed by atoms with Crippen molar-refractivity contribution in [1.29, 1.82) is 0 Å². The molecule has 1 fully saturated rings. The Morgan fingerprint density at radius 3 is 2.61 bits per heavy atom. The van der Waals surface area contributed by atoms with E-state index in [-0.39, 0.29) is 11.7 Å². The molecule has 2 atom stereocenters. The highest BCUT2D eigenvalue weighted by molar-refractivity contribution is 7.89. The first kappa shape index (κ1) is 19.3. The smallest absolute Gasteiger partial charge is 0.214 e. The number of hydrogen-bond acceptors (Lipinski definition) is 6. The minimum Gasteiger partial charge on any atom is -0.391 e. The third-order valence-corrected chi connectivity index (χ3v) is 7.59. The van der Waals surface area contributed by atoms with Crippen molar-refractivity contribution in [2.45, 2.75) is 25.4 Å². The van der Waals surface area contributed by atoms with E-state index in [4.69, 9.17) is 9.97 Å². The second kappa shape index (κ2) is 7.42. The number of hydrogen-bond donors (Lipinski definition) is 1. The Bertz CT molecular complexity index is 963. The van der Waals surface area contributed by atoms with E-state index >= 15 is 0 Å². The predicted molar refractivity (Wildman–Crippen MR) is 109 cm³/mol. The molecule has 2 heterocycles. The standard InChI is InChI=1S/C20H26N4O3S/c1-23(2)28(26,27)13-15-11-24(12-18(15)25)20-16-9-6-10-17(16)21-19(22-20)14-7-4-3-5-8-14/h3-5,7-8,15,18,25H,6,9-13H2,1-2H3/t15-,18-/m0/s1. The number of nitrogens with zero attached hydrogens (tertiary/aromatic N) is 4. The molecule has 2 aromatic rings. The number of aryl methyl sites for hydroxylation is 1. The summed E-state index contributed by atoms with van der Waals surface area (Å²) in [5.74, 6) is 1.15. The molecule has 8 heteroatoms. The molecule has 1 aromatic carbocycles. The van der Waals surface area contributed by atoms with Crippen LogP contribution < -0.4 is 4.90 Å². The lowest BCUT2D eigenvalue weighted by molar-refractivity contribution is 0.157. The van der Waals surface area contributed by atoms with Crippen molar-refractivity contribution >= 4 is 15.8 Å². The lowest BCUT2D eigenvalue weighted by atomic mass is 10.1. The molecule has 1 N–H and O–H groups in total. The summed E-state index contributed by atoms with van der Waals surface area (Å²) in [4.78, 5) is 11.7. The largest absolute Gasteiger partial charge is 0.391 e. The fourth-order valence-corrected chi connectivity index (χ4v) is 5.17. The molecule has 1 aliphatic heterocycles. The number of aromatic nitrogens is 2. The molecule has 0 bridgehead atoms. The van der Waals surface area contributed by atoms with Gasteiger partial charge in [-0.3, -0.25) is 0 Å². The van der Waals surface area contributed by atoms with Crippen LogP contribution >= 0.6 is 0 Å². The molecule has 0 unspecified atom stereocenters. The number of fused-ring (bicyclic) bond motifs is 1. The topological polar surface area (TPSA) is 86.6 Å². The first-order valence-corrected chi connectivity index (χ1v) is 11.2.